The minimum Gasteiger partial charge on any atom is -0.497 e. The molecular weight excluding hydrogens is 344 g/mol. The van der Waals surface area contributed by atoms with Crippen molar-refractivity contribution in [3.8, 4) is 5.75 Å². The Kier molecular flexibility index (Phi) is 6.58. The van der Waals surface area contributed by atoms with Crippen molar-refractivity contribution in [3.05, 3.63) is 60.2 Å². The van der Waals surface area contributed by atoms with Gasteiger partial charge in [0, 0.05) is 30.6 Å². The third-order valence-electron chi connectivity index (χ3n) is 4.61. The molecule has 1 saturated heterocycles. The summed E-state index contributed by atoms with van der Waals surface area (Å²) in [6.45, 7) is 4.85. The lowest BCUT2D eigenvalue weighted by Crippen LogP contribution is -2.40. The Morgan fingerprint density at radius 1 is 1.23 bits per heavy atom. The zero-order valence-electron chi connectivity index (χ0n) is 15.4. The van der Waals surface area contributed by atoms with Gasteiger partial charge in [-0.1, -0.05) is 30.3 Å². The van der Waals surface area contributed by atoms with Crippen LogP contribution in [0.25, 0.3) is 0 Å². The lowest BCUT2D eigenvalue weighted by Gasteiger charge is -2.18. The quantitative estimate of drug-likeness (QED) is 0.757. The summed E-state index contributed by atoms with van der Waals surface area (Å²) in [5.74, 6) is 0.938. The fourth-order valence-corrected chi connectivity index (χ4v) is 4.04. The van der Waals surface area contributed by atoms with Gasteiger partial charge in [-0.25, -0.2) is 0 Å². The Bertz CT molecular complexity index is 706. The van der Waals surface area contributed by atoms with Gasteiger partial charge >= 0.3 is 0 Å². The maximum Gasteiger partial charge on any atom is 0.233 e. The van der Waals surface area contributed by atoms with E-state index in [2.05, 4.69) is 34.5 Å². The standard InChI is InChI=1S/C21H26N2O2S/c1-16(26-20-10-8-19(25-2)9-11-20)21(24)22-18-12-13-23(15-18)14-17-6-4-3-5-7-17/h3-11,16,18H,12-15H2,1-2H3,(H,22,24). The van der Waals surface area contributed by atoms with Crippen LogP contribution in [0.4, 0.5) is 0 Å². The molecule has 3 rings (SSSR count). The van der Waals surface area contributed by atoms with Crippen LogP contribution < -0.4 is 10.1 Å². The molecule has 5 heteroatoms. The van der Waals surface area contributed by atoms with Gasteiger partial charge in [0.1, 0.15) is 5.75 Å². The number of nitrogens with zero attached hydrogens (tertiary/aromatic N) is 1. The first kappa shape index (κ1) is 18.8. The van der Waals surface area contributed by atoms with E-state index in [0.29, 0.717) is 0 Å². The van der Waals surface area contributed by atoms with Crippen molar-refractivity contribution in [1.29, 1.82) is 0 Å². The normalized spacial score (nSPS) is 18.5. The zero-order valence-corrected chi connectivity index (χ0v) is 16.2. The number of nitrogens with one attached hydrogen (secondary N) is 1. The van der Waals surface area contributed by atoms with E-state index < -0.39 is 0 Å². The van der Waals surface area contributed by atoms with Crippen LogP contribution in [0, 0.1) is 0 Å². The largest absolute Gasteiger partial charge is 0.497 e. The van der Waals surface area contributed by atoms with Crippen LogP contribution in [0.3, 0.4) is 0 Å². The molecule has 0 aliphatic carbocycles. The average molecular weight is 371 g/mol. The molecule has 1 fully saturated rings. The Balaban J connectivity index is 1.45. The smallest absolute Gasteiger partial charge is 0.233 e. The number of hydrogen-bond acceptors (Lipinski definition) is 4. The van der Waals surface area contributed by atoms with E-state index in [1.165, 1.54) is 5.56 Å². The van der Waals surface area contributed by atoms with Crippen LogP contribution in [-0.2, 0) is 11.3 Å². The van der Waals surface area contributed by atoms with Gasteiger partial charge in [0.25, 0.3) is 0 Å². The van der Waals surface area contributed by atoms with Crippen molar-refractivity contribution in [2.45, 2.75) is 36.1 Å². The monoisotopic (exact) mass is 370 g/mol. The van der Waals surface area contributed by atoms with E-state index in [4.69, 9.17) is 4.74 Å². The SMILES string of the molecule is COc1ccc(SC(C)C(=O)NC2CCN(Cc3ccccc3)C2)cc1. The summed E-state index contributed by atoms with van der Waals surface area (Å²) in [5, 5.41) is 3.09. The van der Waals surface area contributed by atoms with Crippen LogP contribution in [-0.4, -0.2) is 42.3 Å². The average Bonchev–Trinajstić information content (AvgIpc) is 3.10. The van der Waals surface area contributed by atoms with Gasteiger partial charge in [-0.15, -0.1) is 11.8 Å². The predicted molar refractivity (Wildman–Crippen MR) is 107 cm³/mol. The lowest BCUT2D eigenvalue weighted by molar-refractivity contribution is -0.120. The van der Waals surface area contributed by atoms with Crippen molar-refractivity contribution in [3.63, 3.8) is 0 Å². The fraction of sp³-hybridized carbons (Fsp3) is 0.381. The molecule has 4 nitrogen and oxygen atoms in total. The first-order chi connectivity index (χ1) is 12.6. The first-order valence-corrected chi connectivity index (χ1v) is 9.89. The molecule has 2 unspecified atom stereocenters. The third kappa shape index (κ3) is 5.26. The highest BCUT2D eigenvalue weighted by atomic mass is 32.2. The van der Waals surface area contributed by atoms with Crippen molar-refractivity contribution >= 4 is 17.7 Å². The van der Waals surface area contributed by atoms with Crippen molar-refractivity contribution in [1.82, 2.24) is 10.2 Å². The van der Waals surface area contributed by atoms with E-state index in [0.717, 1.165) is 36.7 Å². The van der Waals surface area contributed by atoms with Gasteiger partial charge < -0.3 is 10.1 Å². The molecule has 0 saturated carbocycles. The second kappa shape index (κ2) is 9.10. The number of amides is 1. The van der Waals surface area contributed by atoms with Crippen molar-refractivity contribution < 1.29 is 9.53 Å². The number of rotatable bonds is 7. The molecule has 0 radical (unpaired) electrons. The molecule has 26 heavy (non-hydrogen) atoms. The molecule has 138 valence electrons. The Morgan fingerprint density at radius 3 is 2.65 bits per heavy atom. The summed E-state index contributed by atoms with van der Waals surface area (Å²) >= 11 is 1.58. The zero-order chi connectivity index (χ0) is 18.4. The molecule has 2 atom stereocenters. The highest BCUT2D eigenvalue weighted by Crippen LogP contribution is 2.25. The molecular formula is C21H26N2O2S. The van der Waals surface area contributed by atoms with Crippen molar-refractivity contribution in [2.24, 2.45) is 0 Å². The predicted octanol–water partition coefficient (Wildman–Crippen LogP) is 3.57. The summed E-state index contributed by atoms with van der Waals surface area (Å²) in [5.41, 5.74) is 1.32. The molecule has 1 amide bonds. The second-order valence-electron chi connectivity index (χ2n) is 6.65. The molecule has 1 aliphatic rings. The Hall–Kier alpha value is -1.98. The van der Waals surface area contributed by atoms with Crippen molar-refractivity contribution in [2.75, 3.05) is 20.2 Å². The van der Waals surface area contributed by atoms with Crippen LogP contribution in [0.2, 0.25) is 0 Å². The van der Waals surface area contributed by atoms with Gasteiger partial charge in [0.2, 0.25) is 5.91 Å². The summed E-state index contributed by atoms with van der Waals surface area (Å²) in [4.78, 5) is 16.0. The van der Waals surface area contributed by atoms with Gasteiger partial charge in [0.05, 0.1) is 12.4 Å². The Morgan fingerprint density at radius 2 is 1.96 bits per heavy atom. The topological polar surface area (TPSA) is 41.6 Å². The summed E-state index contributed by atoms with van der Waals surface area (Å²) in [6, 6.07) is 18.6. The van der Waals surface area contributed by atoms with E-state index >= 15 is 0 Å². The van der Waals surface area contributed by atoms with Gasteiger partial charge in [-0.2, -0.15) is 0 Å². The number of methoxy groups -OCH3 is 1. The van der Waals surface area contributed by atoms with Crippen LogP contribution in [0.15, 0.2) is 59.5 Å². The first-order valence-electron chi connectivity index (χ1n) is 9.01. The second-order valence-corrected chi connectivity index (χ2v) is 8.06. The molecule has 1 aliphatic heterocycles. The van der Waals surface area contributed by atoms with Crippen LogP contribution in [0.5, 0.6) is 5.75 Å². The molecule has 2 aromatic rings. The number of ether oxygens (including phenoxy) is 1. The van der Waals surface area contributed by atoms with Gasteiger partial charge in [-0.3, -0.25) is 9.69 Å². The summed E-state index contributed by atoms with van der Waals surface area (Å²) in [6.07, 6.45) is 1.01. The molecule has 1 N–H and O–H groups in total. The van der Waals surface area contributed by atoms with Gasteiger partial charge in [-0.05, 0) is 43.2 Å². The fourth-order valence-electron chi connectivity index (χ4n) is 3.17. The number of benzene rings is 2. The van der Waals surface area contributed by atoms with E-state index in [1.807, 2.05) is 37.3 Å². The number of carbonyl (C=O) groups excluding carboxylic acids is 1. The molecule has 0 spiro atoms. The highest BCUT2D eigenvalue weighted by molar-refractivity contribution is 8.00. The van der Waals surface area contributed by atoms with Crippen LogP contribution in [0.1, 0.15) is 18.9 Å². The minimum absolute atomic E-state index is 0.109. The van der Waals surface area contributed by atoms with E-state index in [9.17, 15) is 4.79 Å². The van der Waals surface area contributed by atoms with E-state index in [1.54, 1.807) is 18.9 Å². The number of carbonyl (C=O) groups is 1. The number of hydrogen-bond donors (Lipinski definition) is 1. The third-order valence-corrected chi connectivity index (χ3v) is 5.72. The van der Waals surface area contributed by atoms with E-state index in [-0.39, 0.29) is 17.2 Å². The Labute approximate surface area is 159 Å². The minimum atomic E-state index is -0.119. The maximum atomic E-state index is 12.5. The molecule has 0 bridgehead atoms. The lowest BCUT2D eigenvalue weighted by atomic mass is 10.2. The highest BCUT2D eigenvalue weighted by Gasteiger charge is 2.25. The molecule has 1 heterocycles. The summed E-state index contributed by atoms with van der Waals surface area (Å²) in [7, 11) is 1.65. The number of thioether (sulfide) groups is 1. The number of likely N-dealkylation sites (tertiary alicyclic amines) is 1. The van der Waals surface area contributed by atoms with Crippen LogP contribution >= 0.6 is 11.8 Å². The van der Waals surface area contributed by atoms with Gasteiger partial charge in [0.15, 0.2) is 0 Å². The maximum absolute atomic E-state index is 12.5. The molecule has 0 aromatic heterocycles. The molecule has 2 aromatic carbocycles. The summed E-state index contributed by atoms with van der Waals surface area (Å²) < 4.78 is 5.17.